The molecular formula is C22H18O7. The van der Waals surface area contributed by atoms with Gasteiger partial charge in [0.1, 0.15) is 0 Å². The van der Waals surface area contributed by atoms with Crippen LogP contribution in [0.5, 0.6) is 5.75 Å². The molecule has 1 N–H and O–H groups in total. The lowest BCUT2D eigenvalue weighted by Gasteiger charge is -2.34. The Labute approximate surface area is 165 Å². The number of carbonyl (C=O) groups excluding carboxylic acids is 3. The number of fused-ring (bicyclic) bond motifs is 2. The number of carbonyl (C=O) groups is 4. The standard InChI is InChI=1S/C22H18O7/c1-3-15-17-14(9-16(29-15)22(26)27)20(25)18-13(19(17)24)8-11-6-4-5-7-12(11)21(18)28-10(2)23/h4-8,15-16H,3,9H2,1-2H3,(H,26,27). The minimum atomic E-state index is -1.21. The zero-order valence-corrected chi connectivity index (χ0v) is 15.9. The van der Waals surface area contributed by atoms with Gasteiger partial charge in [-0.05, 0) is 17.9 Å². The van der Waals surface area contributed by atoms with Crippen LogP contribution < -0.4 is 4.74 Å². The molecule has 0 radical (unpaired) electrons. The smallest absolute Gasteiger partial charge is 0.333 e. The molecule has 0 aromatic heterocycles. The number of esters is 1. The van der Waals surface area contributed by atoms with Gasteiger partial charge >= 0.3 is 11.9 Å². The Bertz CT molecular complexity index is 1130. The van der Waals surface area contributed by atoms with E-state index in [0.29, 0.717) is 17.2 Å². The van der Waals surface area contributed by atoms with Gasteiger partial charge in [0.25, 0.3) is 0 Å². The number of Topliss-reactive ketones (excluding diaryl/α,β-unsaturated/α-hetero) is 2. The Hall–Kier alpha value is -3.32. The number of hydrogen-bond donors (Lipinski definition) is 1. The van der Waals surface area contributed by atoms with Crippen molar-refractivity contribution in [2.24, 2.45) is 0 Å². The van der Waals surface area contributed by atoms with Crippen molar-refractivity contribution in [2.75, 3.05) is 0 Å². The minimum Gasteiger partial charge on any atom is -0.479 e. The summed E-state index contributed by atoms with van der Waals surface area (Å²) in [5.41, 5.74) is 0.464. The van der Waals surface area contributed by atoms with Gasteiger partial charge in [-0.15, -0.1) is 0 Å². The SMILES string of the molecule is CCC1OC(C(=O)O)CC2=C1C(=O)c1cc3ccccc3c(OC(C)=O)c1C2=O. The van der Waals surface area contributed by atoms with Crippen molar-refractivity contribution in [3.8, 4) is 5.75 Å². The van der Waals surface area contributed by atoms with E-state index < -0.39 is 35.7 Å². The number of ketones is 2. The van der Waals surface area contributed by atoms with Gasteiger partial charge in [0.05, 0.1) is 11.7 Å². The molecule has 1 aliphatic carbocycles. The van der Waals surface area contributed by atoms with Crippen LogP contribution in [-0.2, 0) is 14.3 Å². The molecule has 148 valence electrons. The molecule has 0 saturated heterocycles. The monoisotopic (exact) mass is 394 g/mol. The van der Waals surface area contributed by atoms with Gasteiger partial charge in [-0.3, -0.25) is 14.4 Å². The summed E-state index contributed by atoms with van der Waals surface area (Å²) >= 11 is 0. The molecule has 1 aliphatic heterocycles. The van der Waals surface area contributed by atoms with Crippen LogP contribution in [0.1, 0.15) is 47.4 Å². The van der Waals surface area contributed by atoms with Crippen molar-refractivity contribution >= 4 is 34.3 Å². The summed E-state index contributed by atoms with van der Waals surface area (Å²) in [5.74, 6) is -2.68. The van der Waals surface area contributed by atoms with E-state index in [1.807, 2.05) is 0 Å². The summed E-state index contributed by atoms with van der Waals surface area (Å²) in [6.45, 7) is 2.98. The fraction of sp³-hybridized carbons (Fsp3) is 0.273. The minimum absolute atomic E-state index is 0.00328. The molecule has 2 atom stereocenters. The number of ether oxygens (including phenoxy) is 2. The second-order valence-corrected chi connectivity index (χ2v) is 7.06. The van der Waals surface area contributed by atoms with E-state index in [1.54, 1.807) is 37.3 Å². The van der Waals surface area contributed by atoms with Gasteiger partial charge in [0.2, 0.25) is 0 Å². The first-order valence-electron chi connectivity index (χ1n) is 9.28. The fourth-order valence-electron chi connectivity index (χ4n) is 4.01. The summed E-state index contributed by atoms with van der Waals surface area (Å²) in [6, 6.07) is 8.59. The van der Waals surface area contributed by atoms with Gasteiger partial charge in [-0.2, -0.15) is 0 Å². The van der Waals surface area contributed by atoms with E-state index in [9.17, 15) is 24.3 Å². The maximum Gasteiger partial charge on any atom is 0.333 e. The molecule has 0 spiro atoms. The molecule has 2 aliphatic rings. The number of rotatable bonds is 3. The topological polar surface area (TPSA) is 107 Å². The number of carboxylic acid groups (broad SMARTS) is 1. The molecule has 29 heavy (non-hydrogen) atoms. The second kappa shape index (κ2) is 6.93. The summed E-state index contributed by atoms with van der Waals surface area (Å²) in [4.78, 5) is 50.0. The van der Waals surface area contributed by atoms with Crippen molar-refractivity contribution < 1.29 is 33.8 Å². The van der Waals surface area contributed by atoms with E-state index in [1.165, 1.54) is 6.92 Å². The van der Waals surface area contributed by atoms with E-state index in [0.717, 1.165) is 0 Å². The van der Waals surface area contributed by atoms with Gasteiger partial charge in [-0.1, -0.05) is 31.2 Å². The molecule has 2 unspecified atom stereocenters. The molecule has 0 saturated carbocycles. The first kappa shape index (κ1) is 19.0. The summed E-state index contributed by atoms with van der Waals surface area (Å²) in [7, 11) is 0. The molecular weight excluding hydrogens is 376 g/mol. The van der Waals surface area contributed by atoms with Crippen LogP contribution in [0.3, 0.4) is 0 Å². The molecule has 2 aromatic carbocycles. The lowest BCUT2D eigenvalue weighted by molar-refractivity contribution is -0.153. The van der Waals surface area contributed by atoms with Crippen molar-refractivity contribution in [2.45, 2.75) is 38.9 Å². The molecule has 7 heteroatoms. The van der Waals surface area contributed by atoms with Crippen LogP contribution in [0.2, 0.25) is 0 Å². The predicted octanol–water partition coefficient (Wildman–Crippen LogP) is 3.09. The summed E-state index contributed by atoms with van der Waals surface area (Å²) < 4.78 is 10.9. The van der Waals surface area contributed by atoms with Gasteiger partial charge in [-0.25, -0.2) is 4.79 Å². The predicted molar refractivity (Wildman–Crippen MR) is 102 cm³/mol. The number of carboxylic acids is 1. The molecule has 0 amide bonds. The maximum absolute atomic E-state index is 13.4. The van der Waals surface area contributed by atoms with Crippen LogP contribution in [0.15, 0.2) is 41.5 Å². The average molecular weight is 394 g/mol. The third-order valence-corrected chi connectivity index (χ3v) is 5.25. The molecule has 0 bridgehead atoms. The van der Waals surface area contributed by atoms with Gasteiger partial charge in [0, 0.05) is 35.4 Å². The Morgan fingerprint density at radius 3 is 2.59 bits per heavy atom. The molecule has 0 fully saturated rings. The Morgan fingerprint density at radius 1 is 1.21 bits per heavy atom. The van der Waals surface area contributed by atoms with E-state index >= 15 is 0 Å². The van der Waals surface area contributed by atoms with Crippen LogP contribution >= 0.6 is 0 Å². The van der Waals surface area contributed by atoms with Crippen LogP contribution in [0.25, 0.3) is 10.8 Å². The third-order valence-electron chi connectivity index (χ3n) is 5.25. The van der Waals surface area contributed by atoms with E-state index in [-0.39, 0.29) is 34.4 Å². The summed E-state index contributed by atoms with van der Waals surface area (Å²) in [5, 5.41) is 10.6. The van der Waals surface area contributed by atoms with Crippen LogP contribution in [0.4, 0.5) is 0 Å². The Balaban J connectivity index is 1.99. The number of hydrogen-bond acceptors (Lipinski definition) is 6. The fourth-order valence-corrected chi connectivity index (χ4v) is 4.01. The molecule has 7 nitrogen and oxygen atoms in total. The Morgan fingerprint density at radius 2 is 1.93 bits per heavy atom. The molecule has 1 heterocycles. The quantitative estimate of drug-likeness (QED) is 0.630. The van der Waals surface area contributed by atoms with E-state index in [2.05, 4.69) is 0 Å². The molecule has 4 rings (SSSR count). The lowest BCUT2D eigenvalue weighted by Crippen LogP contribution is -2.41. The van der Waals surface area contributed by atoms with Crippen LogP contribution in [-0.4, -0.2) is 40.8 Å². The lowest BCUT2D eigenvalue weighted by atomic mass is 9.76. The highest BCUT2D eigenvalue weighted by molar-refractivity contribution is 6.30. The first-order valence-corrected chi connectivity index (χ1v) is 9.28. The van der Waals surface area contributed by atoms with Crippen molar-refractivity contribution in [1.82, 2.24) is 0 Å². The van der Waals surface area contributed by atoms with E-state index in [4.69, 9.17) is 9.47 Å². The normalized spacial score (nSPS) is 21.0. The van der Waals surface area contributed by atoms with Crippen molar-refractivity contribution in [3.05, 3.63) is 52.6 Å². The summed E-state index contributed by atoms with van der Waals surface area (Å²) in [6.07, 6.45) is -1.86. The molecule has 2 aromatic rings. The Kier molecular flexibility index (Phi) is 4.55. The second-order valence-electron chi connectivity index (χ2n) is 7.06. The maximum atomic E-state index is 13.4. The van der Waals surface area contributed by atoms with Crippen LogP contribution in [0, 0.1) is 0 Å². The highest BCUT2D eigenvalue weighted by Crippen LogP contribution is 2.43. The first-order chi connectivity index (χ1) is 13.8. The average Bonchev–Trinajstić information content (AvgIpc) is 2.70. The van der Waals surface area contributed by atoms with Crippen molar-refractivity contribution in [3.63, 3.8) is 0 Å². The third kappa shape index (κ3) is 2.94. The zero-order chi connectivity index (χ0) is 20.9. The van der Waals surface area contributed by atoms with Crippen molar-refractivity contribution in [1.29, 1.82) is 0 Å². The highest BCUT2D eigenvalue weighted by Gasteiger charge is 2.44. The highest BCUT2D eigenvalue weighted by atomic mass is 16.5. The zero-order valence-electron chi connectivity index (χ0n) is 15.9. The number of benzene rings is 2. The van der Waals surface area contributed by atoms with Gasteiger partial charge < -0.3 is 14.6 Å². The van der Waals surface area contributed by atoms with Gasteiger partial charge in [0.15, 0.2) is 23.4 Å². The number of aliphatic carboxylic acids is 1. The largest absolute Gasteiger partial charge is 0.479 e.